The molecule has 0 aliphatic carbocycles. The fraction of sp³-hybridized carbons (Fsp3) is 0.600. The number of amides is 1. The van der Waals surface area contributed by atoms with E-state index in [4.69, 9.17) is 4.74 Å². The molecular weight excluding hydrogens is 254 g/mol. The van der Waals surface area contributed by atoms with E-state index in [-0.39, 0.29) is 11.9 Å². The van der Waals surface area contributed by atoms with E-state index in [0.29, 0.717) is 25.7 Å². The van der Waals surface area contributed by atoms with E-state index in [1.807, 2.05) is 15.6 Å². The molecule has 0 spiro atoms. The maximum atomic E-state index is 12.4. The monoisotopic (exact) mass is 277 g/mol. The van der Waals surface area contributed by atoms with Crippen LogP contribution in [0.5, 0.6) is 0 Å². The number of anilines is 1. The number of fused-ring (bicyclic) bond motifs is 1. The molecule has 2 heterocycles. The average molecular weight is 277 g/mol. The Hall–Kier alpha value is -1.62. The highest BCUT2D eigenvalue weighted by molar-refractivity contribution is 5.93. The lowest BCUT2D eigenvalue weighted by Crippen LogP contribution is -2.44. The molecule has 0 unspecified atom stereocenters. The number of hydrogen-bond donors (Lipinski definition) is 0. The lowest BCUT2D eigenvalue weighted by atomic mass is 10.0. The summed E-state index contributed by atoms with van der Waals surface area (Å²) in [7, 11) is 0. The SMILES string of the molecule is C=CCOCCCC(=O)N1c2ccnn2[C@@H](C)C[C@H]1C. The lowest BCUT2D eigenvalue weighted by molar-refractivity contribution is -0.119. The first kappa shape index (κ1) is 14.8. The first-order chi connectivity index (χ1) is 9.65. The standard InChI is InChI=1S/C15H23N3O2/c1-4-9-20-10-5-6-15(19)17-12(2)11-13(3)18-14(17)7-8-16-18/h4,7-8,12-13H,1,5-6,9-11H2,2-3H3/t12-,13+/m1/s1. The number of aromatic nitrogens is 2. The molecule has 1 aromatic heterocycles. The molecular formula is C15H23N3O2. The van der Waals surface area contributed by atoms with Gasteiger partial charge >= 0.3 is 0 Å². The smallest absolute Gasteiger partial charge is 0.228 e. The first-order valence-electron chi connectivity index (χ1n) is 7.19. The van der Waals surface area contributed by atoms with E-state index < -0.39 is 0 Å². The maximum absolute atomic E-state index is 12.4. The minimum atomic E-state index is 0.147. The largest absolute Gasteiger partial charge is 0.377 e. The van der Waals surface area contributed by atoms with Gasteiger partial charge in [0.1, 0.15) is 5.82 Å². The van der Waals surface area contributed by atoms with Gasteiger partial charge < -0.3 is 4.74 Å². The highest BCUT2D eigenvalue weighted by atomic mass is 16.5. The molecule has 2 rings (SSSR count). The van der Waals surface area contributed by atoms with Gasteiger partial charge in [-0.15, -0.1) is 6.58 Å². The van der Waals surface area contributed by atoms with Crippen molar-refractivity contribution in [3.63, 3.8) is 0 Å². The third-order valence-electron chi connectivity index (χ3n) is 3.62. The zero-order valence-electron chi connectivity index (χ0n) is 12.3. The third-order valence-corrected chi connectivity index (χ3v) is 3.62. The maximum Gasteiger partial charge on any atom is 0.228 e. The van der Waals surface area contributed by atoms with Crippen LogP contribution in [-0.2, 0) is 9.53 Å². The van der Waals surface area contributed by atoms with Gasteiger partial charge in [0.15, 0.2) is 0 Å². The summed E-state index contributed by atoms with van der Waals surface area (Å²) in [6.07, 6.45) is 5.65. The van der Waals surface area contributed by atoms with Crippen molar-refractivity contribution in [2.75, 3.05) is 18.1 Å². The molecule has 0 bridgehead atoms. The van der Waals surface area contributed by atoms with Crippen LogP contribution >= 0.6 is 0 Å². The Bertz CT molecular complexity index is 469. The van der Waals surface area contributed by atoms with Gasteiger partial charge in [0.25, 0.3) is 0 Å². The van der Waals surface area contributed by atoms with Crippen LogP contribution in [0.1, 0.15) is 39.2 Å². The van der Waals surface area contributed by atoms with E-state index in [2.05, 4.69) is 25.5 Å². The van der Waals surface area contributed by atoms with Crippen LogP contribution in [-0.4, -0.2) is 34.9 Å². The number of carbonyl (C=O) groups is 1. The van der Waals surface area contributed by atoms with Crippen molar-refractivity contribution in [2.45, 2.75) is 45.2 Å². The van der Waals surface area contributed by atoms with Crippen LogP contribution in [0.15, 0.2) is 24.9 Å². The van der Waals surface area contributed by atoms with Gasteiger partial charge in [0.2, 0.25) is 5.91 Å². The number of carbonyl (C=O) groups excluding carboxylic acids is 1. The van der Waals surface area contributed by atoms with Crippen molar-refractivity contribution in [1.29, 1.82) is 0 Å². The Morgan fingerprint density at radius 1 is 1.55 bits per heavy atom. The van der Waals surface area contributed by atoms with E-state index >= 15 is 0 Å². The van der Waals surface area contributed by atoms with Gasteiger partial charge in [-0.3, -0.25) is 9.69 Å². The highest BCUT2D eigenvalue weighted by Gasteiger charge is 2.31. The predicted molar refractivity (Wildman–Crippen MR) is 78.8 cm³/mol. The highest BCUT2D eigenvalue weighted by Crippen LogP contribution is 2.31. The molecule has 0 N–H and O–H groups in total. The van der Waals surface area contributed by atoms with E-state index in [9.17, 15) is 4.79 Å². The minimum Gasteiger partial charge on any atom is -0.377 e. The second kappa shape index (κ2) is 6.70. The summed E-state index contributed by atoms with van der Waals surface area (Å²) in [5.74, 6) is 1.06. The van der Waals surface area contributed by atoms with E-state index in [1.165, 1.54) is 0 Å². The minimum absolute atomic E-state index is 0.147. The van der Waals surface area contributed by atoms with Gasteiger partial charge in [-0.2, -0.15) is 5.10 Å². The summed E-state index contributed by atoms with van der Waals surface area (Å²) in [5, 5.41) is 4.31. The van der Waals surface area contributed by atoms with Crippen molar-refractivity contribution < 1.29 is 9.53 Å². The summed E-state index contributed by atoms with van der Waals surface area (Å²) in [5.41, 5.74) is 0. The Balaban J connectivity index is 1.96. The molecule has 1 aliphatic rings. The van der Waals surface area contributed by atoms with Crippen LogP contribution in [0.2, 0.25) is 0 Å². The molecule has 110 valence electrons. The van der Waals surface area contributed by atoms with Crippen LogP contribution in [0.4, 0.5) is 5.82 Å². The third kappa shape index (κ3) is 3.10. The summed E-state index contributed by atoms with van der Waals surface area (Å²) in [6, 6.07) is 2.48. The number of nitrogens with zero attached hydrogens (tertiary/aromatic N) is 3. The number of ether oxygens (including phenoxy) is 1. The Kier molecular flexibility index (Phi) is 4.95. The second-order valence-electron chi connectivity index (χ2n) is 5.30. The first-order valence-corrected chi connectivity index (χ1v) is 7.19. The Morgan fingerprint density at radius 2 is 2.35 bits per heavy atom. The topological polar surface area (TPSA) is 47.4 Å². The zero-order chi connectivity index (χ0) is 14.5. The van der Waals surface area contributed by atoms with Gasteiger partial charge in [0, 0.05) is 25.1 Å². The van der Waals surface area contributed by atoms with E-state index in [1.54, 1.807) is 12.3 Å². The van der Waals surface area contributed by atoms with Crippen LogP contribution in [0.25, 0.3) is 0 Å². The summed E-state index contributed by atoms with van der Waals surface area (Å²) < 4.78 is 7.25. The van der Waals surface area contributed by atoms with Crippen LogP contribution < -0.4 is 4.90 Å². The number of hydrogen-bond acceptors (Lipinski definition) is 3. The normalized spacial score (nSPS) is 21.6. The molecule has 5 nitrogen and oxygen atoms in total. The van der Waals surface area contributed by atoms with Crippen LogP contribution in [0, 0.1) is 0 Å². The predicted octanol–water partition coefficient (Wildman–Crippen LogP) is 2.55. The quantitative estimate of drug-likeness (QED) is 0.593. The van der Waals surface area contributed by atoms with Crippen molar-refractivity contribution in [1.82, 2.24) is 9.78 Å². The molecule has 0 aromatic carbocycles. The fourth-order valence-electron chi connectivity index (χ4n) is 2.75. The Morgan fingerprint density at radius 3 is 3.10 bits per heavy atom. The molecule has 1 aliphatic heterocycles. The molecule has 0 fully saturated rings. The van der Waals surface area contributed by atoms with E-state index in [0.717, 1.165) is 18.7 Å². The molecule has 0 saturated heterocycles. The van der Waals surface area contributed by atoms with Crippen molar-refractivity contribution in [3.05, 3.63) is 24.9 Å². The van der Waals surface area contributed by atoms with Gasteiger partial charge in [-0.25, -0.2) is 4.68 Å². The second-order valence-corrected chi connectivity index (χ2v) is 5.30. The molecule has 20 heavy (non-hydrogen) atoms. The molecule has 5 heteroatoms. The zero-order valence-corrected chi connectivity index (χ0v) is 12.3. The van der Waals surface area contributed by atoms with Crippen molar-refractivity contribution in [3.8, 4) is 0 Å². The lowest BCUT2D eigenvalue weighted by Gasteiger charge is -2.37. The Labute approximate surface area is 120 Å². The average Bonchev–Trinajstić information content (AvgIpc) is 2.88. The van der Waals surface area contributed by atoms with Gasteiger partial charge in [0.05, 0.1) is 18.8 Å². The van der Waals surface area contributed by atoms with Crippen molar-refractivity contribution in [2.24, 2.45) is 0 Å². The molecule has 1 aromatic rings. The summed E-state index contributed by atoms with van der Waals surface area (Å²) >= 11 is 0. The van der Waals surface area contributed by atoms with Crippen LogP contribution in [0.3, 0.4) is 0 Å². The molecule has 0 saturated carbocycles. The van der Waals surface area contributed by atoms with Crippen molar-refractivity contribution >= 4 is 11.7 Å². The van der Waals surface area contributed by atoms with Gasteiger partial charge in [-0.1, -0.05) is 6.08 Å². The molecule has 1 amide bonds. The summed E-state index contributed by atoms with van der Waals surface area (Å²) in [4.78, 5) is 14.3. The number of rotatable bonds is 6. The molecule has 2 atom stereocenters. The summed E-state index contributed by atoms with van der Waals surface area (Å²) in [6.45, 7) is 8.96. The molecule has 0 radical (unpaired) electrons. The van der Waals surface area contributed by atoms with Gasteiger partial charge in [-0.05, 0) is 26.7 Å². The fourth-order valence-corrected chi connectivity index (χ4v) is 2.75.